The van der Waals surface area contributed by atoms with E-state index in [1.807, 2.05) is 0 Å². The third-order valence-electron chi connectivity index (χ3n) is 3.45. The Morgan fingerprint density at radius 2 is 1.80 bits per heavy atom. The molecule has 0 spiro atoms. The number of ether oxygens (including phenoxy) is 1. The lowest BCUT2D eigenvalue weighted by molar-refractivity contribution is -0.121. The Kier molecular flexibility index (Phi) is 5.22. The van der Waals surface area contributed by atoms with Gasteiger partial charge in [-0.05, 0) is 48.0 Å². The third kappa shape index (κ3) is 4.10. The predicted molar refractivity (Wildman–Crippen MR) is 104 cm³/mol. The van der Waals surface area contributed by atoms with Crippen LogP contribution in [0, 0.1) is 0 Å². The molecule has 1 aliphatic heterocycles. The van der Waals surface area contributed by atoms with E-state index in [9.17, 15) is 9.59 Å². The van der Waals surface area contributed by atoms with Crippen LogP contribution in [0.1, 0.15) is 15.9 Å². The molecule has 4 nitrogen and oxygen atoms in total. The fourth-order valence-electron chi connectivity index (χ4n) is 2.08. The Balaban J connectivity index is 1.70. The number of carbonyl (C=O) groups excluding carboxylic acids is 2. The largest absolute Gasteiger partial charge is 0.423 e. The zero-order valence-corrected chi connectivity index (χ0v) is 15.5. The molecule has 126 valence electrons. The summed E-state index contributed by atoms with van der Waals surface area (Å²) in [6.07, 6.45) is 1.76. The first-order valence-electron chi connectivity index (χ1n) is 7.23. The lowest BCUT2D eigenvalue weighted by Gasteiger charge is -2.05. The summed E-state index contributed by atoms with van der Waals surface area (Å²) < 4.78 is 5.85. The number of hydrogen-bond acceptors (Lipinski definition) is 5. The highest BCUT2D eigenvalue weighted by Gasteiger charge is 2.28. The van der Waals surface area contributed by atoms with Gasteiger partial charge >= 0.3 is 5.97 Å². The monoisotopic (exact) mass is 389 g/mol. The van der Waals surface area contributed by atoms with Crippen LogP contribution in [0.2, 0.25) is 5.02 Å². The molecule has 1 aliphatic rings. The summed E-state index contributed by atoms with van der Waals surface area (Å²) in [5.74, 6) is -0.162. The topological polar surface area (TPSA) is 46.6 Å². The standard InChI is InChI=1S/C18H12ClNO3S2/c1-20-16(21)15(25-18(20)24)10-11-2-8-14(9-3-11)23-17(22)12-4-6-13(19)7-5-12/h2-10H,1H3. The summed E-state index contributed by atoms with van der Waals surface area (Å²) in [6, 6.07) is 13.4. The van der Waals surface area contributed by atoms with Crippen LogP contribution in [0.3, 0.4) is 0 Å². The van der Waals surface area contributed by atoms with E-state index in [1.165, 1.54) is 16.7 Å². The van der Waals surface area contributed by atoms with E-state index >= 15 is 0 Å². The first kappa shape index (κ1) is 17.7. The van der Waals surface area contributed by atoms with Crippen molar-refractivity contribution in [1.82, 2.24) is 4.90 Å². The number of likely N-dealkylation sites (N-methyl/N-ethyl adjacent to an activating group) is 1. The van der Waals surface area contributed by atoms with E-state index in [0.29, 0.717) is 25.6 Å². The molecule has 0 radical (unpaired) electrons. The molecule has 0 unspecified atom stereocenters. The average Bonchev–Trinajstić information content (AvgIpc) is 2.84. The van der Waals surface area contributed by atoms with Gasteiger partial charge in [-0.2, -0.15) is 0 Å². The Morgan fingerprint density at radius 1 is 1.16 bits per heavy atom. The molecule has 0 N–H and O–H groups in total. The maximum Gasteiger partial charge on any atom is 0.343 e. The maximum atomic E-state index is 12.1. The molecule has 1 fully saturated rings. The van der Waals surface area contributed by atoms with E-state index in [1.54, 1.807) is 61.7 Å². The van der Waals surface area contributed by atoms with Crippen LogP contribution in [0.15, 0.2) is 53.4 Å². The van der Waals surface area contributed by atoms with Crippen molar-refractivity contribution in [3.63, 3.8) is 0 Å². The van der Waals surface area contributed by atoms with E-state index in [-0.39, 0.29) is 5.91 Å². The van der Waals surface area contributed by atoms with E-state index in [4.69, 9.17) is 28.6 Å². The average molecular weight is 390 g/mol. The molecular weight excluding hydrogens is 378 g/mol. The van der Waals surface area contributed by atoms with Crippen LogP contribution < -0.4 is 4.74 Å². The SMILES string of the molecule is CN1C(=O)C(=Cc2ccc(OC(=O)c3ccc(Cl)cc3)cc2)SC1=S. The van der Waals surface area contributed by atoms with Crippen molar-refractivity contribution in [3.05, 3.63) is 69.6 Å². The molecule has 0 aliphatic carbocycles. The van der Waals surface area contributed by atoms with Gasteiger partial charge in [-0.1, -0.05) is 47.7 Å². The second kappa shape index (κ2) is 7.39. The van der Waals surface area contributed by atoms with Crippen molar-refractivity contribution >= 4 is 57.9 Å². The van der Waals surface area contributed by atoms with Gasteiger partial charge in [0.05, 0.1) is 10.5 Å². The lowest BCUT2D eigenvalue weighted by atomic mass is 10.2. The van der Waals surface area contributed by atoms with Gasteiger partial charge in [0.2, 0.25) is 0 Å². The van der Waals surface area contributed by atoms with Gasteiger partial charge < -0.3 is 4.74 Å². The molecule has 0 bridgehead atoms. The molecule has 3 rings (SSSR count). The fraction of sp³-hybridized carbons (Fsp3) is 0.0556. The van der Waals surface area contributed by atoms with Gasteiger partial charge in [-0.25, -0.2) is 4.79 Å². The first-order valence-corrected chi connectivity index (χ1v) is 8.84. The summed E-state index contributed by atoms with van der Waals surface area (Å²) in [5, 5.41) is 0.554. The summed E-state index contributed by atoms with van der Waals surface area (Å²) in [7, 11) is 1.65. The number of benzene rings is 2. The second-order valence-corrected chi connectivity index (χ2v) is 7.32. The van der Waals surface area contributed by atoms with E-state index in [2.05, 4.69) is 0 Å². The molecule has 0 atom stereocenters. The maximum absolute atomic E-state index is 12.1. The summed E-state index contributed by atoms with van der Waals surface area (Å²) >= 11 is 12.2. The molecule has 1 saturated heterocycles. The van der Waals surface area contributed by atoms with Crippen LogP contribution in [-0.2, 0) is 4.79 Å². The van der Waals surface area contributed by atoms with Crippen LogP contribution in [0.5, 0.6) is 5.75 Å². The van der Waals surface area contributed by atoms with Crippen molar-refractivity contribution in [1.29, 1.82) is 0 Å². The van der Waals surface area contributed by atoms with Crippen molar-refractivity contribution in [2.45, 2.75) is 0 Å². The van der Waals surface area contributed by atoms with Crippen LogP contribution in [-0.4, -0.2) is 28.1 Å². The molecule has 2 aromatic carbocycles. The van der Waals surface area contributed by atoms with Gasteiger partial charge in [0.25, 0.3) is 5.91 Å². The zero-order chi connectivity index (χ0) is 18.0. The van der Waals surface area contributed by atoms with Crippen LogP contribution >= 0.6 is 35.6 Å². The zero-order valence-electron chi connectivity index (χ0n) is 13.1. The molecule has 1 amide bonds. The summed E-state index contributed by atoms with van der Waals surface area (Å²) in [4.78, 5) is 26.0. The number of carbonyl (C=O) groups is 2. The third-order valence-corrected chi connectivity index (χ3v) is 5.19. The van der Waals surface area contributed by atoms with E-state index < -0.39 is 5.97 Å². The van der Waals surface area contributed by atoms with Crippen LogP contribution in [0.25, 0.3) is 6.08 Å². The van der Waals surface area contributed by atoms with Crippen molar-refractivity contribution in [2.75, 3.05) is 7.05 Å². The van der Waals surface area contributed by atoms with Gasteiger partial charge in [0.1, 0.15) is 10.1 Å². The molecule has 0 aromatic heterocycles. The summed E-state index contributed by atoms with van der Waals surface area (Å²) in [5.41, 5.74) is 1.24. The minimum absolute atomic E-state index is 0.117. The Bertz CT molecular complexity index is 876. The molecule has 1 heterocycles. The Labute approximate surface area is 159 Å². The highest BCUT2D eigenvalue weighted by Crippen LogP contribution is 2.31. The number of hydrogen-bond donors (Lipinski definition) is 0. The Hall–Kier alpha value is -2.15. The van der Waals surface area contributed by atoms with Crippen LogP contribution in [0.4, 0.5) is 0 Å². The number of amides is 1. The van der Waals surface area contributed by atoms with Crippen molar-refractivity contribution in [3.8, 4) is 5.75 Å². The van der Waals surface area contributed by atoms with Gasteiger partial charge in [0, 0.05) is 12.1 Å². The number of thioether (sulfide) groups is 1. The second-order valence-electron chi connectivity index (χ2n) is 5.21. The molecule has 0 saturated carbocycles. The molecule has 2 aromatic rings. The first-order chi connectivity index (χ1) is 11.9. The number of esters is 1. The fourth-order valence-corrected chi connectivity index (χ4v) is 3.39. The normalized spacial score (nSPS) is 15.8. The van der Waals surface area contributed by atoms with Gasteiger partial charge in [-0.3, -0.25) is 9.69 Å². The van der Waals surface area contributed by atoms with E-state index in [0.717, 1.165) is 5.56 Å². The number of thiocarbonyl (C=S) groups is 1. The highest BCUT2D eigenvalue weighted by atomic mass is 35.5. The minimum Gasteiger partial charge on any atom is -0.423 e. The summed E-state index contributed by atoms with van der Waals surface area (Å²) in [6.45, 7) is 0. The number of halogens is 1. The van der Waals surface area contributed by atoms with Gasteiger partial charge in [-0.15, -0.1) is 0 Å². The van der Waals surface area contributed by atoms with Crippen molar-refractivity contribution < 1.29 is 14.3 Å². The molecule has 25 heavy (non-hydrogen) atoms. The smallest absolute Gasteiger partial charge is 0.343 e. The molecule has 7 heteroatoms. The predicted octanol–water partition coefficient (Wildman–Crippen LogP) is 4.39. The molecular formula is C18H12ClNO3S2. The highest BCUT2D eigenvalue weighted by molar-refractivity contribution is 8.26. The minimum atomic E-state index is -0.462. The van der Waals surface area contributed by atoms with Crippen molar-refractivity contribution in [2.24, 2.45) is 0 Å². The number of rotatable bonds is 3. The number of nitrogens with zero attached hydrogens (tertiary/aromatic N) is 1. The van der Waals surface area contributed by atoms with Gasteiger partial charge in [0.15, 0.2) is 0 Å². The quantitative estimate of drug-likeness (QED) is 0.337. The Morgan fingerprint density at radius 3 is 2.36 bits per heavy atom. The lowest BCUT2D eigenvalue weighted by Crippen LogP contribution is -2.22.